The highest BCUT2D eigenvalue weighted by molar-refractivity contribution is 5.89. The SMILES string of the molecule is CN(CCCN)C(=O)C1CNC(=O)C1. The van der Waals surface area contributed by atoms with E-state index >= 15 is 0 Å². The summed E-state index contributed by atoms with van der Waals surface area (Å²) in [6, 6.07) is 0. The third-order valence-corrected chi connectivity index (χ3v) is 2.40. The van der Waals surface area contributed by atoms with Crippen LogP contribution in [0.15, 0.2) is 0 Å². The molecule has 1 aliphatic rings. The fraction of sp³-hybridized carbons (Fsp3) is 0.778. The predicted molar refractivity (Wildman–Crippen MR) is 52.4 cm³/mol. The van der Waals surface area contributed by atoms with Crippen LogP contribution >= 0.6 is 0 Å². The Labute approximate surface area is 83.6 Å². The molecule has 5 heteroatoms. The van der Waals surface area contributed by atoms with Gasteiger partial charge in [-0.1, -0.05) is 0 Å². The van der Waals surface area contributed by atoms with E-state index in [0.717, 1.165) is 6.42 Å². The maximum absolute atomic E-state index is 11.7. The first-order valence-electron chi connectivity index (χ1n) is 4.87. The summed E-state index contributed by atoms with van der Waals surface area (Å²) in [7, 11) is 1.75. The normalized spacial score (nSPS) is 20.7. The zero-order valence-corrected chi connectivity index (χ0v) is 8.45. The molecule has 1 rings (SSSR count). The van der Waals surface area contributed by atoms with Crippen molar-refractivity contribution in [3.8, 4) is 0 Å². The summed E-state index contributed by atoms with van der Waals surface area (Å²) in [6.45, 7) is 1.73. The van der Waals surface area contributed by atoms with E-state index in [1.807, 2.05) is 0 Å². The van der Waals surface area contributed by atoms with Crippen LogP contribution in [0.25, 0.3) is 0 Å². The molecule has 1 aliphatic heterocycles. The van der Waals surface area contributed by atoms with E-state index in [-0.39, 0.29) is 17.7 Å². The van der Waals surface area contributed by atoms with Gasteiger partial charge in [0, 0.05) is 26.6 Å². The molecule has 0 aromatic rings. The smallest absolute Gasteiger partial charge is 0.227 e. The maximum atomic E-state index is 11.7. The second kappa shape index (κ2) is 4.95. The van der Waals surface area contributed by atoms with Gasteiger partial charge in [-0.25, -0.2) is 0 Å². The van der Waals surface area contributed by atoms with Gasteiger partial charge in [-0.2, -0.15) is 0 Å². The van der Waals surface area contributed by atoms with Gasteiger partial charge in [0.15, 0.2) is 0 Å². The summed E-state index contributed by atoms with van der Waals surface area (Å²) in [4.78, 5) is 24.2. The van der Waals surface area contributed by atoms with Crippen LogP contribution in [0.3, 0.4) is 0 Å². The molecule has 0 spiro atoms. The van der Waals surface area contributed by atoms with Crippen LogP contribution in [0.4, 0.5) is 0 Å². The van der Waals surface area contributed by atoms with Crippen LogP contribution in [0.1, 0.15) is 12.8 Å². The van der Waals surface area contributed by atoms with Crippen molar-refractivity contribution in [1.82, 2.24) is 10.2 Å². The van der Waals surface area contributed by atoms with E-state index in [1.165, 1.54) is 0 Å². The van der Waals surface area contributed by atoms with Gasteiger partial charge in [0.2, 0.25) is 11.8 Å². The minimum Gasteiger partial charge on any atom is -0.355 e. The predicted octanol–water partition coefficient (Wildman–Crippen LogP) is -1.07. The van der Waals surface area contributed by atoms with Gasteiger partial charge in [-0.3, -0.25) is 9.59 Å². The van der Waals surface area contributed by atoms with E-state index in [0.29, 0.717) is 26.1 Å². The molecule has 80 valence electrons. The molecule has 2 amide bonds. The number of nitrogens with one attached hydrogen (secondary N) is 1. The van der Waals surface area contributed by atoms with Crippen molar-refractivity contribution in [2.45, 2.75) is 12.8 Å². The Morgan fingerprint density at radius 2 is 2.43 bits per heavy atom. The lowest BCUT2D eigenvalue weighted by atomic mass is 10.1. The lowest BCUT2D eigenvalue weighted by molar-refractivity contribution is -0.134. The van der Waals surface area contributed by atoms with Crippen LogP contribution in [-0.4, -0.2) is 43.4 Å². The first-order valence-corrected chi connectivity index (χ1v) is 4.87. The fourth-order valence-electron chi connectivity index (χ4n) is 1.53. The molecule has 1 fully saturated rings. The Balaban J connectivity index is 2.36. The maximum Gasteiger partial charge on any atom is 0.227 e. The van der Waals surface area contributed by atoms with E-state index < -0.39 is 0 Å². The highest BCUT2D eigenvalue weighted by atomic mass is 16.2. The minimum atomic E-state index is -0.176. The first kappa shape index (κ1) is 11.0. The molecule has 1 saturated heterocycles. The average molecular weight is 199 g/mol. The first-order chi connectivity index (χ1) is 6.65. The number of amides is 2. The number of rotatable bonds is 4. The topological polar surface area (TPSA) is 75.4 Å². The van der Waals surface area contributed by atoms with Gasteiger partial charge in [-0.15, -0.1) is 0 Å². The van der Waals surface area contributed by atoms with Crippen molar-refractivity contribution in [1.29, 1.82) is 0 Å². The van der Waals surface area contributed by atoms with Gasteiger partial charge in [-0.05, 0) is 13.0 Å². The molecule has 0 aliphatic carbocycles. The van der Waals surface area contributed by atoms with Gasteiger partial charge < -0.3 is 16.0 Å². The molecular weight excluding hydrogens is 182 g/mol. The number of carbonyl (C=O) groups excluding carboxylic acids is 2. The second-order valence-electron chi connectivity index (χ2n) is 3.61. The molecule has 0 saturated carbocycles. The number of hydrogen-bond acceptors (Lipinski definition) is 3. The van der Waals surface area contributed by atoms with Gasteiger partial charge in [0.25, 0.3) is 0 Å². The van der Waals surface area contributed by atoms with Crippen molar-refractivity contribution in [2.24, 2.45) is 11.7 Å². The Morgan fingerprint density at radius 3 is 2.93 bits per heavy atom. The molecule has 1 atom stereocenters. The fourth-order valence-corrected chi connectivity index (χ4v) is 1.53. The summed E-state index contributed by atoms with van der Waals surface area (Å²) >= 11 is 0. The van der Waals surface area contributed by atoms with E-state index in [9.17, 15) is 9.59 Å². The third-order valence-electron chi connectivity index (χ3n) is 2.40. The van der Waals surface area contributed by atoms with Crippen LogP contribution in [0, 0.1) is 5.92 Å². The van der Waals surface area contributed by atoms with Crippen LogP contribution in [0.5, 0.6) is 0 Å². The third kappa shape index (κ3) is 2.70. The number of nitrogens with two attached hydrogens (primary N) is 1. The molecule has 3 N–H and O–H groups in total. The molecule has 0 aromatic heterocycles. The zero-order chi connectivity index (χ0) is 10.6. The molecule has 1 heterocycles. The number of carbonyl (C=O) groups is 2. The van der Waals surface area contributed by atoms with Crippen LogP contribution in [0.2, 0.25) is 0 Å². The van der Waals surface area contributed by atoms with Crippen molar-refractivity contribution in [2.75, 3.05) is 26.7 Å². The molecule has 0 aromatic carbocycles. The lowest BCUT2D eigenvalue weighted by Crippen LogP contribution is -2.35. The summed E-state index contributed by atoms with van der Waals surface area (Å²) in [5.74, 6) is -0.169. The molecule has 5 nitrogen and oxygen atoms in total. The quantitative estimate of drug-likeness (QED) is 0.605. The lowest BCUT2D eigenvalue weighted by Gasteiger charge is -2.19. The van der Waals surface area contributed by atoms with Crippen LogP contribution < -0.4 is 11.1 Å². The van der Waals surface area contributed by atoms with Gasteiger partial charge >= 0.3 is 0 Å². The number of hydrogen-bond donors (Lipinski definition) is 2. The Hall–Kier alpha value is -1.10. The zero-order valence-electron chi connectivity index (χ0n) is 8.45. The second-order valence-corrected chi connectivity index (χ2v) is 3.61. The Morgan fingerprint density at radius 1 is 1.71 bits per heavy atom. The van der Waals surface area contributed by atoms with Gasteiger partial charge in [0.1, 0.15) is 0 Å². The monoisotopic (exact) mass is 199 g/mol. The average Bonchev–Trinajstić information content (AvgIpc) is 2.60. The van der Waals surface area contributed by atoms with E-state index in [1.54, 1.807) is 11.9 Å². The highest BCUT2D eigenvalue weighted by Gasteiger charge is 2.29. The Bertz CT molecular complexity index is 230. The van der Waals surface area contributed by atoms with E-state index in [2.05, 4.69) is 5.32 Å². The van der Waals surface area contributed by atoms with E-state index in [4.69, 9.17) is 5.73 Å². The van der Waals surface area contributed by atoms with Crippen molar-refractivity contribution < 1.29 is 9.59 Å². The standard InChI is InChI=1S/C9H17N3O2/c1-12(4-2-3-10)9(14)7-5-8(13)11-6-7/h7H,2-6,10H2,1H3,(H,11,13). The Kier molecular flexibility index (Phi) is 3.88. The molecular formula is C9H17N3O2. The molecule has 1 unspecified atom stereocenters. The minimum absolute atomic E-state index is 0.0319. The number of nitrogens with zero attached hydrogens (tertiary/aromatic N) is 1. The summed E-state index contributed by atoms with van der Waals surface area (Å²) < 4.78 is 0. The summed E-state index contributed by atoms with van der Waals surface area (Å²) in [5, 5.41) is 2.65. The van der Waals surface area contributed by atoms with Crippen molar-refractivity contribution in [3.05, 3.63) is 0 Å². The largest absolute Gasteiger partial charge is 0.355 e. The molecule has 0 bridgehead atoms. The van der Waals surface area contributed by atoms with Crippen molar-refractivity contribution >= 4 is 11.8 Å². The molecule has 0 radical (unpaired) electrons. The molecule has 14 heavy (non-hydrogen) atoms. The highest BCUT2D eigenvalue weighted by Crippen LogP contribution is 2.11. The van der Waals surface area contributed by atoms with Crippen LogP contribution in [-0.2, 0) is 9.59 Å². The summed E-state index contributed by atoms with van der Waals surface area (Å²) in [5.41, 5.74) is 5.35. The summed E-state index contributed by atoms with van der Waals surface area (Å²) in [6.07, 6.45) is 1.13. The van der Waals surface area contributed by atoms with Gasteiger partial charge in [0.05, 0.1) is 5.92 Å². The van der Waals surface area contributed by atoms with Crippen molar-refractivity contribution in [3.63, 3.8) is 0 Å².